The number of hydrogen-bond donors (Lipinski definition) is 1. The van der Waals surface area contributed by atoms with Crippen LogP contribution in [-0.4, -0.2) is 40.2 Å². The molecule has 1 fully saturated rings. The van der Waals surface area contributed by atoms with E-state index in [-0.39, 0.29) is 11.8 Å². The number of nitrogens with two attached hydrogens (primary N) is 1. The fourth-order valence-corrected chi connectivity index (χ4v) is 2.79. The molecule has 1 aromatic heterocycles. The Morgan fingerprint density at radius 1 is 1.35 bits per heavy atom. The van der Waals surface area contributed by atoms with Crippen LogP contribution in [0, 0.1) is 5.92 Å². The number of likely N-dealkylation sites (tertiary alicyclic amines) is 1. The number of aromatic nitrogens is 2. The number of amides is 1. The smallest absolute Gasteiger partial charge is 0.227 e. The fraction of sp³-hybridized carbons (Fsp3) is 0.733. The average molecular weight is 278 g/mol. The Balaban J connectivity index is 1.97. The second kappa shape index (κ2) is 7.43. The number of nitrogens with zero attached hydrogens (tertiary/aromatic N) is 3. The predicted octanol–water partition coefficient (Wildman–Crippen LogP) is 1.42. The van der Waals surface area contributed by atoms with Crippen LogP contribution in [0.25, 0.3) is 0 Å². The van der Waals surface area contributed by atoms with Gasteiger partial charge in [0.2, 0.25) is 5.91 Å². The van der Waals surface area contributed by atoms with Crippen molar-refractivity contribution < 1.29 is 4.79 Å². The highest BCUT2D eigenvalue weighted by atomic mass is 16.2. The van der Waals surface area contributed by atoms with Gasteiger partial charge in [0.05, 0.1) is 12.1 Å². The third-order valence-corrected chi connectivity index (χ3v) is 4.04. The zero-order valence-electron chi connectivity index (χ0n) is 12.4. The molecular weight excluding hydrogens is 252 g/mol. The normalized spacial score (nSPS) is 17.8. The maximum Gasteiger partial charge on any atom is 0.227 e. The molecule has 5 nitrogen and oxygen atoms in total. The van der Waals surface area contributed by atoms with Crippen molar-refractivity contribution in [3.8, 4) is 0 Å². The summed E-state index contributed by atoms with van der Waals surface area (Å²) < 4.78 is 1.89. The molecule has 0 radical (unpaired) electrons. The van der Waals surface area contributed by atoms with Crippen LogP contribution in [0.2, 0.25) is 0 Å². The Hall–Kier alpha value is -1.36. The molecule has 0 bridgehead atoms. The highest BCUT2D eigenvalue weighted by Crippen LogP contribution is 2.15. The molecule has 1 aliphatic rings. The Morgan fingerprint density at radius 3 is 2.60 bits per heavy atom. The van der Waals surface area contributed by atoms with Crippen LogP contribution >= 0.6 is 0 Å². The summed E-state index contributed by atoms with van der Waals surface area (Å²) in [7, 11) is 0. The molecule has 2 N–H and O–H groups in total. The third-order valence-electron chi connectivity index (χ3n) is 4.04. The van der Waals surface area contributed by atoms with Gasteiger partial charge in [0.15, 0.2) is 0 Å². The van der Waals surface area contributed by atoms with Crippen LogP contribution in [0.3, 0.4) is 0 Å². The molecule has 2 heterocycles. The molecule has 1 aromatic rings. The maximum atomic E-state index is 12.6. The molecule has 0 spiro atoms. The average Bonchev–Trinajstić information content (AvgIpc) is 2.75. The predicted molar refractivity (Wildman–Crippen MR) is 79.2 cm³/mol. The minimum absolute atomic E-state index is 0.109. The molecule has 1 saturated heterocycles. The van der Waals surface area contributed by atoms with Gasteiger partial charge >= 0.3 is 0 Å². The van der Waals surface area contributed by atoms with Gasteiger partial charge < -0.3 is 10.6 Å². The van der Waals surface area contributed by atoms with Gasteiger partial charge in [0.25, 0.3) is 0 Å². The van der Waals surface area contributed by atoms with E-state index in [0.29, 0.717) is 13.0 Å². The standard InChI is InChI=1S/C15H26N4O/c1-2-19-12-13(11-17-19)9-14(10-16)15(20)18-7-5-3-4-6-8-18/h11-12,14H,2-10,16H2,1H3. The van der Waals surface area contributed by atoms with E-state index in [4.69, 9.17) is 5.73 Å². The van der Waals surface area contributed by atoms with Crippen molar-refractivity contribution in [2.24, 2.45) is 11.7 Å². The molecule has 1 aliphatic heterocycles. The summed E-state index contributed by atoms with van der Waals surface area (Å²) in [6.07, 6.45) is 9.28. The summed E-state index contributed by atoms with van der Waals surface area (Å²) in [6.45, 7) is 5.10. The van der Waals surface area contributed by atoms with Crippen molar-refractivity contribution >= 4 is 5.91 Å². The lowest BCUT2D eigenvalue weighted by atomic mass is 10.00. The Bertz CT molecular complexity index is 421. The monoisotopic (exact) mass is 278 g/mol. The van der Waals surface area contributed by atoms with Gasteiger partial charge in [0, 0.05) is 32.4 Å². The van der Waals surface area contributed by atoms with E-state index in [1.54, 1.807) is 0 Å². The van der Waals surface area contributed by atoms with Gasteiger partial charge in [-0.2, -0.15) is 5.10 Å². The van der Waals surface area contributed by atoms with Gasteiger partial charge in [0.1, 0.15) is 0 Å². The molecule has 5 heteroatoms. The fourth-order valence-electron chi connectivity index (χ4n) is 2.79. The summed E-state index contributed by atoms with van der Waals surface area (Å²) in [4.78, 5) is 14.6. The van der Waals surface area contributed by atoms with Crippen LogP contribution in [0.1, 0.15) is 38.2 Å². The molecule has 1 unspecified atom stereocenters. The van der Waals surface area contributed by atoms with Crippen LogP contribution in [0.4, 0.5) is 0 Å². The number of carbonyl (C=O) groups excluding carboxylic acids is 1. The van der Waals surface area contributed by atoms with E-state index < -0.39 is 0 Å². The highest BCUT2D eigenvalue weighted by Gasteiger charge is 2.24. The first-order valence-corrected chi connectivity index (χ1v) is 7.74. The zero-order chi connectivity index (χ0) is 14.4. The van der Waals surface area contributed by atoms with Crippen molar-refractivity contribution in [2.45, 2.75) is 45.6 Å². The maximum absolute atomic E-state index is 12.6. The second-order valence-corrected chi connectivity index (χ2v) is 5.58. The van der Waals surface area contributed by atoms with Crippen LogP contribution in [-0.2, 0) is 17.8 Å². The summed E-state index contributed by atoms with van der Waals surface area (Å²) in [5, 5.41) is 4.26. The Kier molecular flexibility index (Phi) is 5.59. The van der Waals surface area contributed by atoms with Gasteiger partial charge in [-0.05, 0) is 31.7 Å². The molecule has 2 rings (SSSR count). The Morgan fingerprint density at radius 2 is 2.05 bits per heavy atom. The molecule has 1 atom stereocenters. The van der Waals surface area contributed by atoms with Crippen molar-refractivity contribution in [2.75, 3.05) is 19.6 Å². The van der Waals surface area contributed by atoms with Gasteiger partial charge in [-0.15, -0.1) is 0 Å². The van der Waals surface area contributed by atoms with Crippen LogP contribution in [0.15, 0.2) is 12.4 Å². The number of carbonyl (C=O) groups is 1. The molecule has 1 amide bonds. The molecule has 112 valence electrons. The van der Waals surface area contributed by atoms with E-state index in [2.05, 4.69) is 12.0 Å². The van der Waals surface area contributed by atoms with E-state index >= 15 is 0 Å². The molecule has 0 saturated carbocycles. The molecular formula is C15H26N4O. The summed E-state index contributed by atoms with van der Waals surface area (Å²) in [5.74, 6) is 0.112. The lowest BCUT2D eigenvalue weighted by Gasteiger charge is -2.25. The number of hydrogen-bond acceptors (Lipinski definition) is 3. The first-order chi connectivity index (χ1) is 9.74. The van der Waals surface area contributed by atoms with Gasteiger partial charge in [-0.3, -0.25) is 9.48 Å². The zero-order valence-corrected chi connectivity index (χ0v) is 12.4. The lowest BCUT2D eigenvalue weighted by Crippen LogP contribution is -2.40. The molecule has 20 heavy (non-hydrogen) atoms. The quantitative estimate of drug-likeness (QED) is 0.886. The van der Waals surface area contributed by atoms with Crippen LogP contribution in [0.5, 0.6) is 0 Å². The molecule has 0 aromatic carbocycles. The minimum atomic E-state index is -0.109. The SMILES string of the molecule is CCn1cc(CC(CN)C(=O)N2CCCCCC2)cn1. The van der Waals surface area contributed by atoms with Gasteiger partial charge in [-0.25, -0.2) is 0 Å². The first kappa shape index (κ1) is 15.0. The third kappa shape index (κ3) is 3.82. The Labute approximate surface area is 121 Å². The van der Waals surface area contributed by atoms with Crippen LogP contribution < -0.4 is 5.73 Å². The van der Waals surface area contributed by atoms with E-state index in [1.165, 1.54) is 12.8 Å². The number of aryl methyl sites for hydroxylation is 1. The summed E-state index contributed by atoms with van der Waals surface area (Å²) >= 11 is 0. The van der Waals surface area contributed by atoms with Gasteiger partial charge in [-0.1, -0.05) is 12.8 Å². The van der Waals surface area contributed by atoms with E-state index in [9.17, 15) is 4.79 Å². The molecule has 0 aliphatic carbocycles. The largest absolute Gasteiger partial charge is 0.342 e. The topological polar surface area (TPSA) is 64.2 Å². The van der Waals surface area contributed by atoms with Crippen molar-refractivity contribution in [1.29, 1.82) is 0 Å². The first-order valence-electron chi connectivity index (χ1n) is 7.74. The lowest BCUT2D eigenvalue weighted by molar-refractivity contribution is -0.135. The summed E-state index contributed by atoms with van der Waals surface area (Å²) in [5.41, 5.74) is 6.93. The number of rotatable bonds is 5. The van der Waals surface area contributed by atoms with Crippen molar-refractivity contribution in [3.05, 3.63) is 18.0 Å². The second-order valence-electron chi connectivity index (χ2n) is 5.58. The van der Waals surface area contributed by atoms with Crippen molar-refractivity contribution in [1.82, 2.24) is 14.7 Å². The minimum Gasteiger partial charge on any atom is -0.342 e. The van der Waals surface area contributed by atoms with E-state index in [1.807, 2.05) is 22.0 Å². The van der Waals surface area contributed by atoms with E-state index in [0.717, 1.165) is 38.0 Å². The highest BCUT2D eigenvalue weighted by molar-refractivity contribution is 5.79. The summed E-state index contributed by atoms with van der Waals surface area (Å²) in [6, 6.07) is 0. The van der Waals surface area contributed by atoms with Crippen molar-refractivity contribution in [3.63, 3.8) is 0 Å².